The van der Waals surface area contributed by atoms with Gasteiger partial charge in [-0.1, -0.05) is 36.4 Å². The molecule has 0 atom stereocenters. The number of hydrogen-bond donors (Lipinski definition) is 1. The number of nitrogens with zero attached hydrogens (tertiary/aromatic N) is 3. The molecule has 0 unspecified atom stereocenters. The number of aromatic nitrogens is 1. The van der Waals surface area contributed by atoms with E-state index in [1.165, 1.54) is 5.56 Å². The summed E-state index contributed by atoms with van der Waals surface area (Å²) in [6.07, 6.45) is 3.78. The van der Waals surface area contributed by atoms with Gasteiger partial charge in [-0.3, -0.25) is 9.69 Å². The van der Waals surface area contributed by atoms with E-state index in [0.717, 1.165) is 48.9 Å². The molecule has 1 aliphatic rings. The van der Waals surface area contributed by atoms with E-state index >= 15 is 0 Å². The summed E-state index contributed by atoms with van der Waals surface area (Å²) < 4.78 is 13.0. The van der Waals surface area contributed by atoms with Crippen LogP contribution in [0.4, 0.5) is 0 Å². The number of piperidine rings is 1. The Morgan fingerprint density at radius 3 is 2.62 bits per heavy atom. The summed E-state index contributed by atoms with van der Waals surface area (Å²) in [6.45, 7) is 12.9. The van der Waals surface area contributed by atoms with Crippen molar-refractivity contribution in [3.05, 3.63) is 70.9 Å². The summed E-state index contributed by atoms with van der Waals surface area (Å²) in [5, 5.41) is 1.57. The summed E-state index contributed by atoms with van der Waals surface area (Å²) >= 11 is 6.42. The van der Waals surface area contributed by atoms with Crippen LogP contribution in [-0.2, 0) is 28.0 Å². The van der Waals surface area contributed by atoms with E-state index in [1.54, 1.807) is 18.2 Å². The first-order valence-electron chi connectivity index (χ1n) is 13.3. The van der Waals surface area contributed by atoms with Gasteiger partial charge in [0.25, 0.3) is 0 Å². The van der Waals surface area contributed by atoms with Crippen LogP contribution in [0.2, 0.25) is 5.02 Å². The van der Waals surface area contributed by atoms with E-state index in [0.29, 0.717) is 28.6 Å². The highest BCUT2D eigenvalue weighted by atomic mass is 35.5. The van der Waals surface area contributed by atoms with Crippen LogP contribution in [0.1, 0.15) is 50.3 Å². The smallest absolute Gasteiger partial charge is 0.309 e. The predicted molar refractivity (Wildman–Crippen MR) is 156 cm³/mol. The molecule has 0 spiro atoms. The monoisotopic (exact) mass is 552 g/mol. The first kappa shape index (κ1) is 28.7. The number of hydrogen-bond acceptors (Lipinski definition) is 7. The number of ether oxygens (including phenoxy) is 2. The molecule has 0 bridgehead atoms. The number of para-hydroxylation sites is 1. The average molecular weight is 553 g/mol. The molecule has 0 aliphatic carbocycles. The van der Waals surface area contributed by atoms with Crippen LogP contribution >= 0.6 is 11.6 Å². The molecule has 4 rings (SSSR count). The van der Waals surface area contributed by atoms with Crippen molar-refractivity contribution < 1.29 is 19.1 Å². The molecular formula is C30H37ClN4O4. The number of aliphatic imine (C=N–C) groups is 1. The zero-order chi connectivity index (χ0) is 28.1. The van der Waals surface area contributed by atoms with Crippen LogP contribution in [-0.4, -0.2) is 47.1 Å². The van der Waals surface area contributed by atoms with Crippen molar-refractivity contribution in [2.45, 2.75) is 46.3 Å². The zero-order valence-corrected chi connectivity index (χ0v) is 23.8. The standard InChI is InChI=1S/C30H37ClN4O4/c1-6-37-30(36)21-12-14-35(15-13-21)18-23-17-34(5)28-24(8-7-9-25(23)28)20(4)33-29(39-32)22-10-11-27(26(31)16-22)38-19(2)3/h7-11,16-17,19,21H,4,6,12-15,18,32H2,1-3,5H3. The quantitative estimate of drug-likeness (QED) is 0.158. The van der Waals surface area contributed by atoms with Gasteiger partial charge in [-0.15, -0.1) is 0 Å². The lowest BCUT2D eigenvalue weighted by molar-refractivity contribution is -0.149. The first-order chi connectivity index (χ1) is 18.7. The van der Waals surface area contributed by atoms with Gasteiger partial charge in [-0.2, -0.15) is 5.90 Å². The fraction of sp³-hybridized carbons (Fsp3) is 0.400. The Balaban J connectivity index is 1.55. The minimum atomic E-state index is -0.0750. The number of carbonyl (C=O) groups excluding carboxylic acids is 1. The number of benzene rings is 2. The van der Waals surface area contributed by atoms with Gasteiger partial charge in [-0.25, -0.2) is 4.99 Å². The molecular weight excluding hydrogens is 516 g/mol. The third kappa shape index (κ3) is 6.64. The molecule has 1 aromatic heterocycles. The maximum atomic E-state index is 12.1. The highest BCUT2D eigenvalue weighted by molar-refractivity contribution is 6.32. The second-order valence-electron chi connectivity index (χ2n) is 10.1. The number of carbonyl (C=O) groups is 1. The van der Waals surface area contributed by atoms with Crippen molar-refractivity contribution in [1.29, 1.82) is 0 Å². The van der Waals surface area contributed by atoms with Gasteiger partial charge in [-0.05, 0) is 70.5 Å². The molecule has 8 nitrogen and oxygen atoms in total. The van der Waals surface area contributed by atoms with E-state index in [1.807, 2.05) is 40.0 Å². The Hall–Kier alpha value is -3.33. The zero-order valence-electron chi connectivity index (χ0n) is 23.1. The minimum absolute atomic E-state index is 0.000819. The second kappa shape index (κ2) is 12.7. The van der Waals surface area contributed by atoms with Crippen LogP contribution in [0.3, 0.4) is 0 Å². The van der Waals surface area contributed by atoms with Crippen LogP contribution in [0.5, 0.6) is 5.75 Å². The summed E-state index contributed by atoms with van der Waals surface area (Å²) in [6, 6.07) is 11.4. The number of nitrogens with two attached hydrogens (primary N) is 1. The summed E-state index contributed by atoms with van der Waals surface area (Å²) in [7, 11) is 2.02. The molecule has 1 aliphatic heterocycles. The van der Waals surface area contributed by atoms with E-state index in [4.69, 9.17) is 31.8 Å². The van der Waals surface area contributed by atoms with E-state index in [9.17, 15) is 4.79 Å². The lowest BCUT2D eigenvalue weighted by atomic mass is 9.96. The van der Waals surface area contributed by atoms with Crippen LogP contribution in [0.25, 0.3) is 16.6 Å². The largest absolute Gasteiger partial charge is 0.489 e. The molecule has 1 saturated heterocycles. The predicted octanol–water partition coefficient (Wildman–Crippen LogP) is 5.70. The van der Waals surface area contributed by atoms with Crippen molar-refractivity contribution in [2.75, 3.05) is 19.7 Å². The molecule has 2 heterocycles. The molecule has 0 radical (unpaired) electrons. The van der Waals surface area contributed by atoms with Gasteiger partial charge in [0.1, 0.15) is 5.75 Å². The Bertz CT molecular complexity index is 1370. The highest BCUT2D eigenvalue weighted by Crippen LogP contribution is 2.32. The Kier molecular flexibility index (Phi) is 9.32. The topological polar surface area (TPSA) is 91.3 Å². The Morgan fingerprint density at radius 1 is 1.23 bits per heavy atom. The summed E-state index contributed by atoms with van der Waals surface area (Å²) in [4.78, 5) is 24.3. The molecule has 1 fully saturated rings. The Morgan fingerprint density at radius 2 is 1.97 bits per heavy atom. The van der Waals surface area contributed by atoms with Gasteiger partial charge >= 0.3 is 5.97 Å². The van der Waals surface area contributed by atoms with E-state index in [2.05, 4.69) is 33.3 Å². The molecule has 2 N–H and O–H groups in total. The normalized spacial score (nSPS) is 15.1. The molecule has 0 amide bonds. The first-order valence-corrected chi connectivity index (χ1v) is 13.7. The fourth-order valence-corrected chi connectivity index (χ4v) is 5.29. The van der Waals surface area contributed by atoms with Gasteiger partial charge in [0.05, 0.1) is 34.9 Å². The van der Waals surface area contributed by atoms with E-state index < -0.39 is 0 Å². The number of esters is 1. The van der Waals surface area contributed by atoms with Crippen LogP contribution < -0.4 is 10.6 Å². The van der Waals surface area contributed by atoms with Gasteiger partial charge in [0.15, 0.2) is 0 Å². The lowest BCUT2D eigenvalue weighted by Crippen LogP contribution is -2.36. The third-order valence-corrected chi connectivity index (χ3v) is 7.18. The SMILES string of the molecule is C=C(N=C(ON)c1ccc(OC(C)C)c(Cl)c1)c1cccc2c(CN3CCC(C(=O)OCC)CC3)cn(C)c12. The maximum Gasteiger partial charge on any atom is 0.309 e. The number of aryl methyl sites for hydroxylation is 1. The van der Waals surface area contributed by atoms with Crippen molar-refractivity contribution in [2.24, 2.45) is 23.9 Å². The lowest BCUT2D eigenvalue weighted by Gasteiger charge is -2.30. The maximum absolute atomic E-state index is 12.1. The van der Waals surface area contributed by atoms with Crippen molar-refractivity contribution in [3.8, 4) is 5.75 Å². The average Bonchev–Trinajstić information content (AvgIpc) is 3.23. The van der Waals surface area contributed by atoms with E-state index in [-0.39, 0.29) is 23.9 Å². The molecule has 0 saturated carbocycles. The molecule has 2 aromatic carbocycles. The van der Waals surface area contributed by atoms with Crippen molar-refractivity contribution >= 4 is 40.1 Å². The van der Waals surface area contributed by atoms with Crippen LogP contribution in [0.15, 0.2) is 54.2 Å². The van der Waals surface area contributed by atoms with Crippen LogP contribution in [0, 0.1) is 5.92 Å². The minimum Gasteiger partial charge on any atom is -0.489 e. The molecule has 9 heteroatoms. The second-order valence-corrected chi connectivity index (χ2v) is 10.5. The van der Waals surface area contributed by atoms with Gasteiger partial charge in [0.2, 0.25) is 5.90 Å². The number of halogens is 1. The van der Waals surface area contributed by atoms with Gasteiger partial charge in [0, 0.05) is 36.3 Å². The van der Waals surface area contributed by atoms with Crippen molar-refractivity contribution in [1.82, 2.24) is 9.47 Å². The number of fused-ring (bicyclic) bond motifs is 1. The summed E-state index contributed by atoms with van der Waals surface area (Å²) in [5.74, 6) is 6.31. The third-order valence-electron chi connectivity index (χ3n) is 6.89. The Labute approximate surface area is 234 Å². The number of likely N-dealkylation sites (tertiary alicyclic amines) is 1. The summed E-state index contributed by atoms with van der Waals surface area (Å²) in [5.41, 5.74) is 4.25. The molecule has 39 heavy (non-hydrogen) atoms. The fourth-order valence-electron chi connectivity index (χ4n) is 5.06. The van der Waals surface area contributed by atoms with Gasteiger partial charge < -0.3 is 18.9 Å². The molecule has 208 valence electrons. The van der Waals surface area contributed by atoms with Crippen molar-refractivity contribution in [3.63, 3.8) is 0 Å². The molecule has 3 aromatic rings. The number of rotatable bonds is 9. The highest BCUT2D eigenvalue weighted by Gasteiger charge is 2.26.